The van der Waals surface area contributed by atoms with Gasteiger partial charge in [0.1, 0.15) is 17.2 Å². The molecule has 6 heteroatoms. The van der Waals surface area contributed by atoms with Crippen LogP contribution in [0.25, 0.3) is 0 Å². The molecule has 0 spiro atoms. The van der Waals surface area contributed by atoms with Crippen molar-refractivity contribution in [1.82, 2.24) is 0 Å². The van der Waals surface area contributed by atoms with Gasteiger partial charge in [0.05, 0.1) is 4.92 Å². The third-order valence-electron chi connectivity index (χ3n) is 2.31. The van der Waals surface area contributed by atoms with Crippen LogP contribution >= 0.6 is 0 Å². The first kappa shape index (κ1) is 11.7. The van der Waals surface area contributed by atoms with Crippen molar-refractivity contribution < 1.29 is 9.66 Å². The van der Waals surface area contributed by atoms with Crippen LogP contribution in [0.3, 0.4) is 0 Å². The van der Waals surface area contributed by atoms with Gasteiger partial charge in [-0.15, -0.1) is 0 Å². The van der Waals surface area contributed by atoms with Crippen LogP contribution in [-0.4, -0.2) is 4.92 Å². The van der Waals surface area contributed by atoms with Gasteiger partial charge in [-0.2, -0.15) is 0 Å². The molecule has 2 aromatic rings. The second-order valence-corrected chi connectivity index (χ2v) is 3.65. The van der Waals surface area contributed by atoms with Gasteiger partial charge >= 0.3 is 0 Å². The standard InChI is InChI=1S/C12H11N3O3/c13-8-1-3-9(4-2-8)18-10-5-6-12(15(16)17)11(14)7-10/h1-7H,13-14H2. The van der Waals surface area contributed by atoms with Crippen molar-refractivity contribution in [2.24, 2.45) is 0 Å². The summed E-state index contributed by atoms with van der Waals surface area (Å²) in [5, 5.41) is 10.6. The molecule has 2 rings (SSSR count). The molecule has 18 heavy (non-hydrogen) atoms. The van der Waals surface area contributed by atoms with Crippen molar-refractivity contribution in [3.05, 3.63) is 52.6 Å². The molecule has 0 aliphatic carbocycles. The minimum absolute atomic E-state index is 0.0629. The minimum Gasteiger partial charge on any atom is -0.457 e. The Labute approximate surface area is 103 Å². The smallest absolute Gasteiger partial charge is 0.292 e. The van der Waals surface area contributed by atoms with E-state index in [1.807, 2.05) is 0 Å². The number of benzene rings is 2. The number of nitrogens with zero attached hydrogens (tertiary/aromatic N) is 1. The van der Waals surface area contributed by atoms with Gasteiger partial charge in [-0.25, -0.2) is 0 Å². The SMILES string of the molecule is Nc1ccc(Oc2ccc([N+](=O)[O-])c(N)c2)cc1. The molecule has 0 amide bonds. The summed E-state index contributed by atoms with van der Waals surface area (Å²) in [4.78, 5) is 10.1. The molecule has 0 aliphatic rings. The molecule has 0 radical (unpaired) electrons. The van der Waals surface area contributed by atoms with Crippen molar-refractivity contribution in [3.63, 3.8) is 0 Å². The van der Waals surface area contributed by atoms with E-state index in [0.29, 0.717) is 17.2 Å². The lowest BCUT2D eigenvalue weighted by molar-refractivity contribution is -0.383. The van der Waals surface area contributed by atoms with E-state index in [1.165, 1.54) is 18.2 Å². The summed E-state index contributed by atoms with van der Waals surface area (Å²) < 4.78 is 5.49. The normalized spacial score (nSPS) is 10.0. The van der Waals surface area contributed by atoms with E-state index in [-0.39, 0.29) is 11.4 Å². The summed E-state index contributed by atoms with van der Waals surface area (Å²) in [5.74, 6) is 1.01. The summed E-state index contributed by atoms with van der Waals surface area (Å²) in [7, 11) is 0. The van der Waals surface area contributed by atoms with Crippen molar-refractivity contribution in [2.45, 2.75) is 0 Å². The second-order valence-electron chi connectivity index (χ2n) is 3.65. The summed E-state index contributed by atoms with van der Waals surface area (Å²) in [6.45, 7) is 0. The molecule has 0 atom stereocenters. The van der Waals surface area contributed by atoms with Crippen LogP contribution in [0, 0.1) is 10.1 Å². The number of ether oxygens (including phenoxy) is 1. The third-order valence-corrected chi connectivity index (χ3v) is 2.31. The van der Waals surface area contributed by atoms with Gasteiger partial charge in [0, 0.05) is 17.8 Å². The molecule has 0 aromatic heterocycles. The summed E-state index contributed by atoms with van der Waals surface area (Å²) in [6.07, 6.45) is 0. The highest BCUT2D eigenvalue weighted by Crippen LogP contribution is 2.29. The zero-order valence-corrected chi connectivity index (χ0v) is 9.37. The number of nitro groups is 1. The van der Waals surface area contributed by atoms with E-state index in [1.54, 1.807) is 24.3 Å². The van der Waals surface area contributed by atoms with Crippen molar-refractivity contribution in [1.29, 1.82) is 0 Å². The predicted octanol–water partition coefficient (Wildman–Crippen LogP) is 2.55. The van der Waals surface area contributed by atoms with Crippen molar-refractivity contribution in [3.8, 4) is 11.5 Å². The van der Waals surface area contributed by atoms with E-state index in [2.05, 4.69) is 0 Å². The van der Waals surface area contributed by atoms with Crippen LogP contribution in [0.4, 0.5) is 17.1 Å². The first-order valence-corrected chi connectivity index (χ1v) is 5.13. The number of nitrogens with two attached hydrogens (primary N) is 2. The highest BCUT2D eigenvalue weighted by molar-refractivity contribution is 5.61. The molecule has 0 unspecified atom stereocenters. The van der Waals surface area contributed by atoms with E-state index in [4.69, 9.17) is 16.2 Å². The Morgan fingerprint density at radius 3 is 2.17 bits per heavy atom. The lowest BCUT2D eigenvalue weighted by Crippen LogP contribution is -1.96. The van der Waals surface area contributed by atoms with Crippen LogP contribution in [-0.2, 0) is 0 Å². The molecule has 4 N–H and O–H groups in total. The molecule has 0 saturated carbocycles. The van der Waals surface area contributed by atoms with E-state index in [0.717, 1.165) is 0 Å². The largest absolute Gasteiger partial charge is 0.457 e. The topological polar surface area (TPSA) is 104 Å². The molecule has 6 nitrogen and oxygen atoms in total. The quantitative estimate of drug-likeness (QED) is 0.491. The summed E-state index contributed by atoms with van der Waals surface area (Å²) in [6, 6.07) is 11.0. The number of anilines is 2. The molecule has 0 heterocycles. The zero-order valence-electron chi connectivity index (χ0n) is 9.37. The van der Waals surface area contributed by atoms with Crippen LogP contribution in [0.15, 0.2) is 42.5 Å². The van der Waals surface area contributed by atoms with Crippen molar-refractivity contribution >= 4 is 17.1 Å². The molecule has 92 valence electrons. The van der Waals surface area contributed by atoms with Gasteiger partial charge in [-0.1, -0.05) is 0 Å². The molecule has 0 fully saturated rings. The fourth-order valence-electron chi connectivity index (χ4n) is 1.43. The highest BCUT2D eigenvalue weighted by Gasteiger charge is 2.11. The molecule has 0 aliphatic heterocycles. The van der Waals surface area contributed by atoms with Crippen LogP contribution in [0.5, 0.6) is 11.5 Å². The average Bonchev–Trinajstić information content (AvgIpc) is 2.32. The lowest BCUT2D eigenvalue weighted by atomic mass is 10.2. The van der Waals surface area contributed by atoms with Crippen LogP contribution in [0.2, 0.25) is 0 Å². The maximum absolute atomic E-state index is 10.6. The lowest BCUT2D eigenvalue weighted by Gasteiger charge is -2.06. The molecular weight excluding hydrogens is 234 g/mol. The highest BCUT2D eigenvalue weighted by atomic mass is 16.6. The molecule has 0 bridgehead atoms. The van der Waals surface area contributed by atoms with Gasteiger partial charge < -0.3 is 16.2 Å². The number of hydrogen-bond acceptors (Lipinski definition) is 5. The van der Waals surface area contributed by atoms with Crippen molar-refractivity contribution in [2.75, 3.05) is 11.5 Å². The molecule has 0 saturated heterocycles. The number of nitrogen functional groups attached to an aromatic ring is 2. The number of hydrogen-bond donors (Lipinski definition) is 2. The zero-order chi connectivity index (χ0) is 13.1. The maximum atomic E-state index is 10.6. The third kappa shape index (κ3) is 2.49. The van der Waals surface area contributed by atoms with Gasteiger partial charge in [-0.05, 0) is 30.3 Å². The fourth-order valence-corrected chi connectivity index (χ4v) is 1.43. The minimum atomic E-state index is -0.539. The van der Waals surface area contributed by atoms with Gasteiger partial charge in [0.25, 0.3) is 5.69 Å². The number of rotatable bonds is 3. The first-order valence-electron chi connectivity index (χ1n) is 5.13. The van der Waals surface area contributed by atoms with Gasteiger partial charge in [0.15, 0.2) is 0 Å². The Kier molecular flexibility index (Phi) is 3.01. The Balaban J connectivity index is 2.22. The van der Waals surface area contributed by atoms with E-state index < -0.39 is 4.92 Å². The Bertz CT molecular complexity index is 582. The van der Waals surface area contributed by atoms with E-state index in [9.17, 15) is 10.1 Å². The molecule has 2 aromatic carbocycles. The fraction of sp³-hybridized carbons (Fsp3) is 0. The Morgan fingerprint density at radius 1 is 1.00 bits per heavy atom. The molecular formula is C12H11N3O3. The Morgan fingerprint density at radius 2 is 1.61 bits per heavy atom. The van der Waals surface area contributed by atoms with Gasteiger partial charge in [-0.3, -0.25) is 10.1 Å². The monoisotopic (exact) mass is 245 g/mol. The van der Waals surface area contributed by atoms with Crippen LogP contribution in [0.1, 0.15) is 0 Å². The Hall–Kier alpha value is -2.76. The van der Waals surface area contributed by atoms with Gasteiger partial charge in [0.2, 0.25) is 0 Å². The maximum Gasteiger partial charge on any atom is 0.292 e. The predicted molar refractivity (Wildman–Crippen MR) is 68.4 cm³/mol. The second kappa shape index (κ2) is 4.62. The van der Waals surface area contributed by atoms with E-state index >= 15 is 0 Å². The average molecular weight is 245 g/mol. The summed E-state index contributed by atoms with van der Waals surface area (Å²) in [5.41, 5.74) is 11.7. The number of nitro benzene ring substituents is 1. The first-order chi connectivity index (χ1) is 8.56. The van der Waals surface area contributed by atoms with Crippen LogP contribution < -0.4 is 16.2 Å². The summed E-state index contributed by atoms with van der Waals surface area (Å²) >= 11 is 0.